The molecule has 0 saturated carbocycles. The number of fused-ring (bicyclic) bond motifs is 3. The number of aryl methyl sites for hydroxylation is 1. The van der Waals surface area contributed by atoms with Crippen molar-refractivity contribution in [3.63, 3.8) is 0 Å². The summed E-state index contributed by atoms with van der Waals surface area (Å²) in [5.74, 6) is 0. The molecule has 0 spiro atoms. The van der Waals surface area contributed by atoms with E-state index in [1.54, 1.807) is 0 Å². The number of aromatic nitrogens is 2. The van der Waals surface area contributed by atoms with Crippen LogP contribution in [0.15, 0.2) is 73.1 Å². The molecule has 2 aromatic heterocycles. The molecule has 0 aliphatic carbocycles. The minimum atomic E-state index is 0.275. The second-order valence-electron chi connectivity index (χ2n) is 7.15. The van der Waals surface area contributed by atoms with Gasteiger partial charge in [-0.15, -0.1) is 0 Å². The first-order valence-corrected chi connectivity index (χ1v) is 9.30. The van der Waals surface area contributed by atoms with Crippen LogP contribution in [0.5, 0.6) is 0 Å². The van der Waals surface area contributed by atoms with E-state index in [0.29, 0.717) is 0 Å². The number of hydrogen-bond donors (Lipinski definition) is 0. The number of benzene rings is 2. The third-order valence-electron chi connectivity index (χ3n) is 5.55. The maximum absolute atomic E-state index is 5.04. The second-order valence-corrected chi connectivity index (χ2v) is 7.15. The van der Waals surface area contributed by atoms with E-state index in [4.69, 9.17) is 4.98 Å². The van der Waals surface area contributed by atoms with E-state index in [1.165, 1.54) is 10.9 Å². The van der Waals surface area contributed by atoms with Gasteiger partial charge < -0.3 is 14.4 Å². The normalized spacial score (nSPS) is 16.8. The highest BCUT2D eigenvalue weighted by atomic mass is 15.4. The van der Waals surface area contributed by atoms with Crippen molar-refractivity contribution in [1.82, 2.24) is 14.5 Å². The zero-order valence-electron chi connectivity index (χ0n) is 15.8. The minimum Gasteiger partial charge on any atom is -0.359 e. The van der Waals surface area contributed by atoms with Crippen LogP contribution < -0.4 is 4.90 Å². The standard InChI is InChI=1S/C23H22N4/c1-16-21(26-14-13-25(3)17(26)2)15-22-23(24-16)19-11-7-8-12-20(19)27(22)18-9-5-4-6-10-18/h4-15,17H,1-3H3/t17-/m0/s1. The lowest BCUT2D eigenvalue weighted by Crippen LogP contribution is -2.33. The lowest BCUT2D eigenvalue weighted by molar-refractivity contribution is 0.383. The summed E-state index contributed by atoms with van der Waals surface area (Å²) in [5.41, 5.74) is 6.73. The molecule has 4 aromatic rings. The molecular formula is C23H22N4. The molecule has 4 heteroatoms. The van der Waals surface area contributed by atoms with Crippen molar-refractivity contribution in [2.75, 3.05) is 11.9 Å². The number of anilines is 1. The highest BCUT2D eigenvalue weighted by Gasteiger charge is 2.24. The third kappa shape index (κ3) is 2.33. The van der Waals surface area contributed by atoms with Crippen LogP contribution >= 0.6 is 0 Å². The molecule has 0 saturated heterocycles. The van der Waals surface area contributed by atoms with Crippen LogP contribution in [-0.2, 0) is 0 Å². The van der Waals surface area contributed by atoms with Gasteiger partial charge in [0.2, 0.25) is 0 Å². The predicted octanol–water partition coefficient (Wildman–Crippen LogP) is 5.06. The van der Waals surface area contributed by atoms with Crippen molar-refractivity contribution in [1.29, 1.82) is 0 Å². The minimum absolute atomic E-state index is 0.275. The Bertz CT molecular complexity index is 1170. The summed E-state index contributed by atoms with van der Waals surface area (Å²) in [4.78, 5) is 9.53. The molecule has 3 heterocycles. The summed E-state index contributed by atoms with van der Waals surface area (Å²) in [7, 11) is 2.10. The SMILES string of the molecule is Cc1nc2c3ccccc3n(-c3ccccc3)c2cc1N1C=CN(C)[C@@H]1C. The van der Waals surface area contributed by atoms with Crippen molar-refractivity contribution in [2.45, 2.75) is 20.0 Å². The van der Waals surface area contributed by atoms with Crippen LogP contribution in [-0.4, -0.2) is 27.7 Å². The van der Waals surface area contributed by atoms with Gasteiger partial charge in [0, 0.05) is 30.5 Å². The topological polar surface area (TPSA) is 24.3 Å². The molecule has 5 rings (SSSR count). The van der Waals surface area contributed by atoms with Crippen molar-refractivity contribution in [3.8, 4) is 5.69 Å². The number of rotatable bonds is 2. The number of para-hydroxylation sites is 2. The quantitative estimate of drug-likeness (QED) is 0.503. The summed E-state index contributed by atoms with van der Waals surface area (Å²) in [6, 6.07) is 21.3. The van der Waals surface area contributed by atoms with E-state index in [2.05, 4.69) is 108 Å². The number of hydrogen-bond acceptors (Lipinski definition) is 3. The molecule has 0 unspecified atom stereocenters. The van der Waals surface area contributed by atoms with E-state index >= 15 is 0 Å². The van der Waals surface area contributed by atoms with Crippen molar-refractivity contribution in [3.05, 3.63) is 78.8 Å². The predicted molar refractivity (Wildman–Crippen MR) is 112 cm³/mol. The van der Waals surface area contributed by atoms with Crippen LogP contribution in [0, 0.1) is 6.92 Å². The zero-order valence-corrected chi connectivity index (χ0v) is 15.8. The molecule has 2 aromatic carbocycles. The largest absolute Gasteiger partial charge is 0.359 e. The Morgan fingerprint density at radius 3 is 2.37 bits per heavy atom. The molecule has 1 aliphatic rings. The van der Waals surface area contributed by atoms with Gasteiger partial charge >= 0.3 is 0 Å². The summed E-state index contributed by atoms with van der Waals surface area (Å²) in [6.07, 6.45) is 4.52. The second kappa shape index (κ2) is 5.88. The average Bonchev–Trinajstić information content (AvgIpc) is 3.19. The maximum Gasteiger partial charge on any atom is 0.102 e. The molecule has 27 heavy (non-hydrogen) atoms. The molecule has 0 radical (unpaired) electrons. The van der Waals surface area contributed by atoms with Crippen LogP contribution in [0.1, 0.15) is 12.6 Å². The number of pyridine rings is 1. The van der Waals surface area contributed by atoms with Crippen LogP contribution in [0.4, 0.5) is 5.69 Å². The fourth-order valence-electron chi connectivity index (χ4n) is 3.97. The maximum atomic E-state index is 5.04. The van der Waals surface area contributed by atoms with Crippen molar-refractivity contribution < 1.29 is 0 Å². The first kappa shape index (κ1) is 15.9. The van der Waals surface area contributed by atoms with E-state index in [1.807, 2.05) is 0 Å². The summed E-state index contributed by atoms with van der Waals surface area (Å²) >= 11 is 0. The Kier molecular flexibility index (Phi) is 3.47. The molecular weight excluding hydrogens is 332 g/mol. The van der Waals surface area contributed by atoms with Gasteiger partial charge in [0.1, 0.15) is 6.17 Å². The van der Waals surface area contributed by atoms with Gasteiger partial charge in [0.25, 0.3) is 0 Å². The molecule has 134 valence electrons. The van der Waals surface area contributed by atoms with Gasteiger partial charge in [-0.25, -0.2) is 4.98 Å². The molecule has 0 bridgehead atoms. The molecule has 0 amide bonds. The Labute approximate surface area is 159 Å². The fraction of sp³-hybridized carbons (Fsp3) is 0.174. The third-order valence-corrected chi connectivity index (χ3v) is 5.55. The van der Waals surface area contributed by atoms with Crippen LogP contribution in [0.2, 0.25) is 0 Å². The molecule has 0 fully saturated rings. The van der Waals surface area contributed by atoms with Gasteiger partial charge in [-0.3, -0.25) is 0 Å². The Balaban J connectivity index is 1.84. The fourth-order valence-corrected chi connectivity index (χ4v) is 3.97. The van der Waals surface area contributed by atoms with E-state index < -0.39 is 0 Å². The van der Waals surface area contributed by atoms with Gasteiger partial charge in [-0.1, -0.05) is 36.4 Å². The highest BCUT2D eigenvalue weighted by Crippen LogP contribution is 2.35. The first-order valence-electron chi connectivity index (χ1n) is 9.30. The van der Waals surface area contributed by atoms with E-state index in [0.717, 1.165) is 28.1 Å². The zero-order chi connectivity index (χ0) is 18.5. The molecule has 1 atom stereocenters. The summed E-state index contributed by atoms with van der Waals surface area (Å²) in [6.45, 7) is 4.30. The highest BCUT2D eigenvalue weighted by molar-refractivity contribution is 6.08. The molecule has 0 N–H and O–H groups in total. The van der Waals surface area contributed by atoms with Gasteiger partial charge in [-0.05, 0) is 38.1 Å². The average molecular weight is 354 g/mol. The monoisotopic (exact) mass is 354 g/mol. The Morgan fingerprint density at radius 1 is 0.889 bits per heavy atom. The van der Waals surface area contributed by atoms with Gasteiger partial charge in [0.15, 0.2) is 0 Å². The summed E-state index contributed by atoms with van der Waals surface area (Å²) < 4.78 is 2.31. The lowest BCUT2D eigenvalue weighted by Gasteiger charge is -2.28. The molecule has 1 aliphatic heterocycles. The van der Waals surface area contributed by atoms with E-state index in [9.17, 15) is 0 Å². The van der Waals surface area contributed by atoms with Gasteiger partial charge in [0.05, 0.1) is 27.9 Å². The number of nitrogens with zero attached hydrogens (tertiary/aromatic N) is 4. The Hall–Kier alpha value is -3.27. The van der Waals surface area contributed by atoms with Gasteiger partial charge in [-0.2, -0.15) is 0 Å². The smallest absolute Gasteiger partial charge is 0.102 e. The first-order chi connectivity index (χ1) is 13.1. The summed E-state index contributed by atoms with van der Waals surface area (Å²) in [5, 5.41) is 1.19. The van der Waals surface area contributed by atoms with E-state index in [-0.39, 0.29) is 6.17 Å². The van der Waals surface area contributed by atoms with Crippen molar-refractivity contribution >= 4 is 27.6 Å². The van der Waals surface area contributed by atoms with Crippen molar-refractivity contribution in [2.24, 2.45) is 0 Å². The lowest BCUT2D eigenvalue weighted by atomic mass is 10.2. The van der Waals surface area contributed by atoms with Crippen LogP contribution in [0.3, 0.4) is 0 Å². The molecule has 4 nitrogen and oxygen atoms in total. The van der Waals surface area contributed by atoms with Crippen LogP contribution in [0.25, 0.3) is 27.6 Å². The Morgan fingerprint density at radius 2 is 1.63 bits per heavy atom.